The number of nitrogens with zero attached hydrogens (tertiary/aromatic N) is 2. The first-order valence-electron chi connectivity index (χ1n) is 4.21. The normalized spacial score (nSPS) is 19.9. The average molecular weight is 216 g/mol. The molecule has 0 atom stereocenters. The topological polar surface area (TPSA) is 50.3 Å². The maximum absolute atomic E-state index is 12.5. The van der Waals surface area contributed by atoms with Crippen molar-refractivity contribution in [1.29, 1.82) is 0 Å². The van der Waals surface area contributed by atoms with Crippen molar-refractivity contribution in [3.63, 3.8) is 0 Å². The van der Waals surface area contributed by atoms with Crippen molar-refractivity contribution in [2.45, 2.75) is 6.42 Å². The molecular formula is C8H9FN2O2S. The number of pyridine rings is 1. The van der Waals surface area contributed by atoms with Crippen LogP contribution in [0.3, 0.4) is 0 Å². The van der Waals surface area contributed by atoms with Gasteiger partial charge in [0.05, 0.1) is 11.9 Å². The summed E-state index contributed by atoms with van der Waals surface area (Å²) in [5.74, 6) is -0.0271. The van der Waals surface area contributed by atoms with E-state index in [1.54, 1.807) is 0 Å². The summed E-state index contributed by atoms with van der Waals surface area (Å²) in [5.41, 5.74) is 0. The Morgan fingerprint density at radius 3 is 2.71 bits per heavy atom. The number of hydrogen-bond acceptors (Lipinski definition) is 3. The third-order valence-corrected chi connectivity index (χ3v) is 3.91. The van der Waals surface area contributed by atoms with Crippen molar-refractivity contribution in [3.05, 3.63) is 24.1 Å². The number of halogens is 1. The van der Waals surface area contributed by atoms with E-state index in [1.165, 1.54) is 16.4 Å². The minimum atomic E-state index is -3.20. The minimum absolute atomic E-state index is 0.145. The Kier molecular flexibility index (Phi) is 2.14. The van der Waals surface area contributed by atoms with Crippen LogP contribution >= 0.6 is 0 Å². The van der Waals surface area contributed by atoms with Crippen molar-refractivity contribution in [2.24, 2.45) is 0 Å². The number of rotatable bonds is 1. The van der Waals surface area contributed by atoms with Crippen LogP contribution in [0.4, 0.5) is 10.2 Å². The van der Waals surface area contributed by atoms with E-state index in [4.69, 9.17) is 0 Å². The summed E-state index contributed by atoms with van der Waals surface area (Å²) in [6.45, 7) is 0.432. The molecule has 1 saturated heterocycles. The van der Waals surface area contributed by atoms with Crippen molar-refractivity contribution >= 4 is 15.8 Å². The van der Waals surface area contributed by atoms with Gasteiger partial charge < -0.3 is 0 Å². The zero-order valence-electron chi connectivity index (χ0n) is 7.35. The van der Waals surface area contributed by atoms with Crippen LogP contribution in [-0.4, -0.2) is 25.7 Å². The van der Waals surface area contributed by atoms with Gasteiger partial charge in [-0.1, -0.05) is 0 Å². The van der Waals surface area contributed by atoms with E-state index in [0.29, 0.717) is 18.8 Å². The van der Waals surface area contributed by atoms with Gasteiger partial charge in [0, 0.05) is 6.54 Å². The van der Waals surface area contributed by atoms with Crippen LogP contribution in [0.2, 0.25) is 0 Å². The summed E-state index contributed by atoms with van der Waals surface area (Å²) in [5, 5.41) is 0. The molecule has 0 N–H and O–H groups in total. The largest absolute Gasteiger partial charge is 0.254 e. The van der Waals surface area contributed by atoms with Gasteiger partial charge in [0.1, 0.15) is 11.6 Å². The average Bonchev–Trinajstić information content (AvgIpc) is 2.47. The summed E-state index contributed by atoms with van der Waals surface area (Å²) < 4.78 is 36.6. The zero-order valence-corrected chi connectivity index (χ0v) is 8.17. The highest BCUT2D eigenvalue weighted by Gasteiger charge is 2.29. The van der Waals surface area contributed by atoms with Crippen molar-refractivity contribution in [1.82, 2.24) is 4.98 Å². The van der Waals surface area contributed by atoms with Gasteiger partial charge in [-0.05, 0) is 18.6 Å². The van der Waals surface area contributed by atoms with E-state index in [2.05, 4.69) is 4.98 Å². The lowest BCUT2D eigenvalue weighted by Crippen LogP contribution is -2.25. The molecule has 0 amide bonds. The third-order valence-electron chi connectivity index (χ3n) is 2.07. The summed E-state index contributed by atoms with van der Waals surface area (Å²) >= 11 is 0. The van der Waals surface area contributed by atoms with E-state index in [1.807, 2.05) is 0 Å². The highest BCUT2D eigenvalue weighted by Crippen LogP contribution is 2.21. The van der Waals surface area contributed by atoms with Gasteiger partial charge in [-0.15, -0.1) is 0 Å². The molecule has 14 heavy (non-hydrogen) atoms. The maximum atomic E-state index is 12.5. The molecule has 1 aliphatic rings. The van der Waals surface area contributed by atoms with Crippen LogP contribution in [0, 0.1) is 5.82 Å². The fourth-order valence-electron chi connectivity index (χ4n) is 1.41. The molecule has 0 spiro atoms. The van der Waals surface area contributed by atoms with Gasteiger partial charge in [0.25, 0.3) is 0 Å². The van der Waals surface area contributed by atoms with Crippen LogP contribution in [-0.2, 0) is 10.0 Å². The molecular weight excluding hydrogens is 207 g/mol. The van der Waals surface area contributed by atoms with Gasteiger partial charge in [-0.3, -0.25) is 4.31 Å². The van der Waals surface area contributed by atoms with Gasteiger partial charge in [0.2, 0.25) is 10.0 Å². The minimum Gasteiger partial charge on any atom is -0.254 e. The maximum Gasteiger partial charge on any atom is 0.236 e. The predicted molar refractivity (Wildman–Crippen MR) is 49.9 cm³/mol. The molecule has 1 aromatic heterocycles. The third kappa shape index (κ3) is 1.57. The standard InChI is InChI=1S/C8H9FN2O2S/c9-7-2-3-8(10-6-7)11-4-1-5-14(11,12)13/h2-3,6H,1,4-5H2. The van der Waals surface area contributed by atoms with Crippen molar-refractivity contribution < 1.29 is 12.8 Å². The highest BCUT2D eigenvalue weighted by atomic mass is 32.2. The smallest absolute Gasteiger partial charge is 0.236 e. The lowest BCUT2D eigenvalue weighted by atomic mass is 10.4. The summed E-state index contributed by atoms with van der Waals surface area (Å²) in [7, 11) is -3.20. The van der Waals surface area contributed by atoms with Crippen LogP contribution in [0.25, 0.3) is 0 Å². The zero-order chi connectivity index (χ0) is 10.2. The van der Waals surface area contributed by atoms with Crippen LogP contribution in [0.1, 0.15) is 6.42 Å². The second-order valence-corrected chi connectivity index (χ2v) is 5.09. The SMILES string of the molecule is O=S1(=O)CCCN1c1ccc(F)cn1. The van der Waals surface area contributed by atoms with Gasteiger partial charge in [0.15, 0.2) is 0 Å². The lowest BCUT2D eigenvalue weighted by Gasteiger charge is -2.14. The first kappa shape index (κ1) is 9.39. The van der Waals surface area contributed by atoms with Crippen LogP contribution in [0.15, 0.2) is 18.3 Å². The van der Waals surface area contributed by atoms with Crippen LogP contribution in [0.5, 0.6) is 0 Å². The molecule has 0 bridgehead atoms. The van der Waals surface area contributed by atoms with Crippen molar-refractivity contribution in [3.8, 4) is 0 Å². The molecule has 0 radical (unpaired) electrons. The van der Waals surface area contributed by atoms with Crippen LogP contribution < -0.4 is 4.31 Å². The molecule has 0 saturated carbocycles. The van der Waals surface area contributed by atoms with E-state index in [-0.39, 0.29) is 5.75 Å². The quantitative estimate of drug-likeness (QED) is 0.696. The Morgan fingerprint density at radius 1 is 1.43 bits per heavy atom. The predicted octanol–water partition coefficient (Wildman–Crippen LogP) is 0.761. The first-order chi connectivity index (χ1) is 6.59. The number of sulfonamides is 1. The molecule has 6 heteroatoms. The summed E-state index contributed by atoms with van der Waals surface area (Å²) in [6, 6.07) is 2.58. The highest BCUT2D eigenvalue weighted by molar-refractivity contribution is 7.93. The molecule has 0 aromatic carbocycles. The van der Waals surface area contributed by atoms with E-state index in [9.17, 15) is 12.8 Å². The fraction of sp³-hybridized carbons (Fsp3) is 0.375. The first-order valence-corrected chi connectivity index (χ1v) is 5.82. The molecule has 4 nitrogen and oxygen atoms in total. The van der Waals surface area contributed by atoms with E-state index in [0.717, 1.165) is 6.20 Å². The second-order valence-electron chi connectivity index (χ2n) is 3.08. The number of anilines is 1. The molecule has 2 rings (SSSR count). The molecule has 2 heterocycles. The molecule has 76 valence electrons. The Morgan fingerprint density at radius 2 is 2.21 bits per heavy atom. The molecule has 0 aliphatic carbocycles. The van der Waals surface area contributed by atoms with E-state index >= 15 is 0 Å². The molecule has 1 fully saturated rings. The number of hydrogen-bond donors (Lipinski definition) is 0. The summed E-state index contributed by atoms with van der Waals surface area (Å²) in [6.07, 6.45) is 1.62. The second kappa shape index (κ2) is 3.20. The monoisotopic (exact) mass is 216 g/mol. The number of aromatic nitrogens is 1. The Balaban J connectivity index is 2.36. The molecule has 0 unspecified atom stereocenters. The Labute approximate surface area is 81.4 Å². The van der Waals surface area contributed by atoms with Gasteiger partial charge in [-0.2, -0.15) is 0 Å². The van der Waals surface area contributed by atoms with Gasteiger partial charge >= 0.3 is 0 Å². The fourth-order valence-corrected chi connectivity index (χ4v) is 2.93. The molecule has 1 aromatic rings. The summed E-state index contributed by atoms with van der Waals surface area (Å²) in [4.78, 5) is 3.73. The molecule has 1 aliphatic heterocycles. The Hall–Kier alpha value is -1.17. The lowest BCUT2D eigenvalue weighted by molar-refractivity contribution is 0.598. The van der Waals surface area contributed by atoms with Gasteiger partial charge in [-0.25, -0.2) is 17.8 Å². The van der Waals surface area contributed by atoms with Crippen molar-refractivity contribution in [2.75, 3.05) is 16.6 Å². The Bertz CT molecular complexity index is 429. The van der Waals surface area contributed by atoms with E-state index < -0.39 is 15.8 Å².